The van der Waals surface area contributed by atoms with Crippen molar-refractivity contribution in [3.8, 4) is 11.5 Å². The van der Waals surface area contributed by atoms with Crippen LogP contribution in [0.2, 0.25) is 0 Å². The normalized spacial score (nSPS) is 10.8. The van der Waals surface area contributed by atoms with Crippen molar-refractivity contribution >= 4 is 22.8 Å². The zero-order valence-electron chi connectivity index (χ0n) is 17.8. The van der Waals surface area contributed by atoms with Crippen molar-refractivity contribution in [3.05, 3.63) is 70.1 Å². The lowest BCUT2D eigenvalue weighted by Crippen LogP contribution is -2.31. The third kappa shape index (κ3) is 5.94. The number of carbonyl (C=O) groups is 2. The molecule has 0 bridgehead atoms. The van der Waals surface area contributed by atoms with E-state index in [4.69, 9.17) is 13.9 Å². The monoisotopic (exact) mass is 423 g/mol. The Morgan fingerprint density at radius 2 is 1.87 bits per heavy atom. The van der Waals surface area contributed by atoms with Gasteiger partial charge in [0.2, 0.25) is 0 Å². The first-order chi connectivity index (χ1) is 14.9. The maximum absolute atomic E-state index is 12.2. The molecule has 0 aliphatic carbocycles. The van der Waals surface area contributed by atoms with E-state index in [1.165, 1.54) is 12.1 Å². The molecule has 0 aliphatic rings. The van der Waals surface area contributed by atoms with Crippen LogP contribution in [0.5, 0.6) is 11.5 Å². The summed E-state index contributed by atoms with van der Waals surface area (Å²) in [6.07, 6.45) is 0.866. The second kappa shape index (κ2) is 9.93. The first kappa shape index (κ1) is 22.1. The highest BCUT2D eigenvalue weighted by molar-refractivity contribution is 5.96. The number of benzene rings is 2. The minimum absolute atomic E-state index is 0.0689. The maximum atomic E-state index is 12.2. The van der Waals surface area contributed by atoms with Crippen molar-refractivity contribution in [2.45, 2.75) is 27.2 Å². The molecule has 162 valence electrons. The fourth-order valence-electron chi connectivity index (χ4n) is 2.86. The van der Waals surface area contributed by atoms with Gasteiger partial charge in [0.15, 0.2) is 6.61 Å². The molecule has 0 atom stereocenters. The molecule has 31 heavy (non-hydrogen) atoms. The fourth-order valence-corrected chi connectivity index (χ4v) is 2.86. The molecule has 7 heteroatoms. The molecule has 0 saturated heterocycles. The Labute approximate surface area is 180 Å². The van der Waals surface area contributed by atoms with Gasteiger partial charge in [0.1, 0.15) is 22.6 Å². The molecule has 7 nitrogen and oxygen atoms in total. The van der Waals surface area contributed by atoms with Gasteiger partial charge in [-0.1, -0.05) is 32.9 Å². The average Bonchev–Trinajstić information content (AvgIpc) is 2.75. The standard InChI is InChI=1S/C24H25NO6/c1-4-16-6-5-7-18(10-16)29-14-22(26)30-19-9-8-17-11-20(23(27)25-13-15(2)3)24(28)31-21(17)12-19/h5-12,15H,4,13-14H2,1-3H3,(H,25,27). The SMILES string of the molecule is CCc1cccc(OCC(=O)Oc2ccc3cc(C(=O)NCC(C)C)c(=O)oc3c2)c1. The first-order valence-electron chi connectivity index (χ1n) is 10.1. The van der Waals surface area contributed by atoms with Crippen molar-refractivity contribution in [3.63, 3.8) is 0 Å². The molecular weight excluding hydrogens is 398 g/mol. The number of nitrogens with one attached hydrogen (secondary N) is 1. The van der Waals surface area contributed by atoms with E-state index in [0.29, 0.717) is 17.7 Å². The van der Waals surface area contributed by atoms with Gasteiger partial charge in [-0.3, -0.25) is 4.79 Å². The van der Waals surface area contributed by atoms with Gasteiger partial charge in [0, 0.05) is 18.0 Å². The summed E-state index contributed by atoms with van der Waals surface area (Å²) in [5.41, 5.74) is 0.497. The van der Waals surface area contributed by atoms with Gasteiger partial charge in [-0.2, -0.15) is 0 Å². The summed E-state index contributed by atoms with van der Waals surface area (Å²) in [4.78, 5) is 36.5. The zero-order valence-corrected chi connectivity index (χ0v) is 17.8. The summed E-state index contributed by atoms with van der Waals surface area (Å²) >= 11 is 0. The van der Waals surface area contributed by atoms with Gasteiger partial charge in [0.05, 0.1) is 0 Å². The predicted octanol–water partition coefficient (Wildman–Crippen LogP) is 3.73. The highest BCUT2D eigenvalue weighted by Crippen LogP contribution is 2.21. The summed E-state index contributed by atoms with van der Waals surface area (Å²) < 4.78 is 16.0. The topological polar surface area (TPSA) is 94.8 Å². The van der Waals surface area contributed by atoms with E-state index in [2.05, 4.69) is 5.32 Å². The number of hydrogen-bond acceptors (Lipinski definition) is 6. The van der Waals surface area contributed by atoms with Gasteiger partial charge in [-0.15, -0.1) is 0 Å². The number of hydrogen-bond donors (Lipinski definition) is 1. The molecule has 0 unspecified atom stereocenters. The summed E-state index contributed by atoms with van der Waals surface area (Å²) in [5, 5.41) is 3.24. The van der Waals surface area contributed by atoms with Crippen LogP contribution in [0.25, 0.3) is 11.0 Å². The number of amides is 1. The molecule has 1 N–H and O–H groups in total. The van der Waals surface area contributed by atoms with Crippen molar-refractivity contribution in [1.29, 1.82) is 0 Å². The Bertz CT molecular complexity index is 1150. The number of rotatable bonds is 8. The molecule has 0 spiro atoms. The minimum atomic E-state index is -0.753. The van der Waals surface area contributed by atoms with Crippen molar-refractivity contribution in [2.24, 2.45) is 5.92 Å². The summed E-state index contributed by atoms with van der Waals surface area (Å²) in [6.45, 7) is 6.14. The molecule has 0 aliphatic heterocycles. The van der Waals surface area contributed by atoms with Crippen molar-refractivity contribution < 1.29 is 23.5 Å². The van der Waals surface area contributed by atoms with E-state index >= 15 is 0 Å². The molecule has 2 aromatic carbocycles. The summed E-state index contributed by atoms with van der Waals surface area (Å²) in [5.74, 6) is -0.0154. The Morgan fingerprint density at radius 3 is 2.61 bits per heavy atom. The van der Waals surface area contributed by atoms with Crippen LogP contribution < -0.4 is 20.4 Å². The number of aryl methyl sites for hydroxylation is 1. The second-order valence-electron chi connectivity index (χ2n) is 7.51. The smallest absolute Gasteiger partial charge is 0.349 e. The number of esters is 1. The van der Waals surface area contributed by atoms with Crippen LogP contribution in [0.3, 0.4) is 0 Å². The molecule has 0 saturated carbocycles. The van der Waals surface area contributed by atoms with Crippen LogP contribution in [0.15, 0.2) is 57.7 Å². The zero-order chi connectivity index (χ0) is 22.4. The Hall–Kier alpha value is -3.61. The molecule has 3 aromatic rings. The van der Waals surface area contributed by atoms with Crippen LogP contribution in [-0.2, 0) is 11.2 Å². The second-order valence-corrected chi connectivity index (χ2v) is 7.51. The van der Waals surface area contributed by atoms with Gasteiger partial charge in [-0.25, -0.2) is 9.59 Å². The number of fused-ring (bicyclic) bond motifs is 1. The van der Waals surface area contributed by atoms with Gasteiger partial charge in [-0.05, 0) is 48.2 Å². The Morgan fingerprint density at radius 1 is 1.06 bits per heavy atom. The highest BCUT2D eigenvalue weighted by atomic mass is 16.6. The van der Waals surface area contributed by atoms with Crippen molar-refractivity contribution in [1.82, 2.24) is 5.32 Å². The van der Waals surface area contributed by atoms with Crippen LogP contribution in [0.4, 0.5) is 0 Å². The molecule has 1 amide bonds. The molecule has 1 aromatic heterocycles. The first-order valence-corrected chi connectivity index (χ1v) is 10.1. The van der Waals surface area contributed by atoms with Crippen molar-refractivity contribution in [2.75, 3.05) is 13.2 Å². The van der Waals surface area contributed by atoms with Gasteiger partial charge >= 0.3 is 11.6 Å². The van der Waals surface area contributed by atoms with E-state index in [-0.39, 0.29) is 29.4 Å². The van der Waals surface area contributed by atoms with E-state index in [0.717, 1.165) is 12.0 Å². The predicted molar refractivity (Wildman–Crippen MR) is 117 cm³/mol. The lowest BCUT2D eigenvalue weighted by Gasteiger charge is -2.09. The van der Waals surface area contributed by atoms with Gasteiger partial charge in [0.25, 0.3) is 5.91 Å². The molecule has 0 radical (unpaired) electrons. The van der Waals surface area contributed by atoms with E-state index in [1.807, 2.05) is 39.0 Å². The molecule has 0 fully saturated rings. The fraction of sp³-hybridized carbons (Fsp3) is 0.292. The quantitative estimate of drug-likeness (QED) is 0.337. The lowest BCUT2D eigenvalue weighted by molar-refractivity contribution is -0.136. The van der Waals surface area contributed by atoms with Crippen LogP contribution in [0.1, 0.15) is 36.7 Å². The Kier molecular flexibility index (Phi) is 7.07. The summed E-state index contributed by atoms with van der Waals surface area (Å²) in [6, 6.07) is 13.6. The minimum Gasteiger partial charge on any atom is -0.482 e. The van der Waals surface area contributed by atoms with Gasteiger partial charge < -0.3 is 19.2 Å². The third-order valence-corrected chi connectivity index (χ3v) is 4.52. The third-order valence-electron chi connectivity index (χ3n) is 4.52. The Balaban J connectivity index is 1.67. The van der Waals surface area contributed by atoms with Crippen LogP contribution in [0, 0.1) is 5.92 Å². The number of carbonyl (C=O) groups excluding carboxylic acids is 2. The number of ether oxygens (including phenoxy) is 2. The molecular formula is C24H25NO6. The van der Waals surface area contributed by atoms with Crippen LogP contribution in [-0.4, -0.2) is 25.0 Å². The largest absolute Gasteiger partial charge is 0.482 e. The summed E-state index contributed by atoms with van der Waals surface area (Å²) in [7, 11) is 0. The average molecular weight is 423 g/mol. The van der Waals surface area contributed by atoms with E-state index in [9.17, 15) is 14.4 Å². The molecule has 1 heterocycles. The van der Waals surface area contributed by atoms with Crippen LogP contribution >= 0.6 is 0 Å². The maximum Gasteiger partial charge on any atom is 0.349 e. The highest BCUT2D eigenvalue weighted by Gasteiger charge is 2.15. The molecule has 3 rings (SSSR count). The lowest BCUT2D eigenvalue weighted by atomic mass is 10.1. The van der Waals surface area contributed by atoms with E-state index < -0.39 is 17.5 Å². The van der Waals surface area contributed by atoms with E-state index in [1.54, 1.807) is 18.2 Å².